The van der Waals surface area contributed by atoms with Crippen LogP contribution in [-0.2, 0) is 11.2 Å². The number of thiophene rings is 1. The number of rotatable bonds is 10. The lowest BCUT2D eigenvalue weighted by Gasteiger charge is -2.17. The van der Waals surface area contributed by atoms with E-state index in [1.54, 1.807) is 18.4 Å². The molecule has 0 spiro atoms. The summed E-state index contributed by atoms with van der Waals surface area (Å²) in [6.45, 7) is 4.84. The van der Waals surface area contributed by atoms with Gasteiger partial charge in [-0.1, -0.05) is 25.8 Å². The molecule has 0 saturated heterocycles. The number of benzene rings is 1. The minimum absolute atomic E-state index is 0.0183. The van der Waals surface area contributed by atoms with Crippen LogP contribution in [0.5, 0.6) is 11.5 Å². The summed E-state index contributed by atoms with van der Waals surface area (Å²) in [5.74, 6) is 1.47. The molecule has 0 aliphatic rings. The Balaban J connectivity index is 1.94. The highest BCUT2D eigenvalue weighted by atomic mass is 32.1. The second kappa shape index (κ2) is 10.1. The average molecular weight is 362 g/mol. The molecule has 0 bridgehead atoms. The average Bonchev–Trinajstić information content (AvgIpc) is 3.11. The van der Waals surface area contributed by atoms with E-state index in [1.165, 1.54) is 6.42 Å². The van der Waals surface area contributed by atoms with E-state index < -0.39 is 0 Å². The van der Waals surface area contributed by atoms with Crippen molar-refractivity contribution >= 4 is 17.2 Å². The fourth-order valence-electron chi connectivity index (χ4n) is 2.56. The highest BCUT2D eigenvalue weighted by Crippen LogP contribution is 2.30. The van der Waals surface area contributed by atoms with Gasteiger partial charge in [0.1, 0.15) is 0 Å². The minimum atomic E-state index is -0.0887. The molecule has 1 N–H and O–H groups in total. The molecule has 1 atom stereocenters. The fourth-order valence-corrected chi connectivity index (χ4v) is 3.23. The van der Waals surface area contributed by atoms with Crippen molar-refractivity contribution in [3.8, 4) is 11.5 Å². The number of carbonyl (C=O) groups is 1. The molecule has 0 aliphatic carbocycles. The van der Waals surface area contributed by atoms with Crippen LogP contribution in [0.4, 0.5) is 0 Å². The van der Waals surface area contributed by atoms with E-state index in [2.05, 4.69) is 12.2 Å². The molecule has 0 radical (unpaired) electrons. The Morgan fingerprint density at radius 1 is 1.24 bits per heavy atom. The Labute approximate surface area is 154 Å². The number of methoxy groups -OCH3 is 1. The summed E-state index contributed by atoms with van der Waals surface area (Å²) in [5, 5.41) is 7.01. The molecule has 136 valence electrons. The number of unbranched alkanes of at least 4 members (excludes halogenated alkanes) is 2. The number of amides is 1. The van der Waals surface area contributed by atoms with Gasteiger partial charge in [-0.15, -0.1) is 0 Å². The number of ether oxygens (including phenoxy) is 2. The summed E-state index contributed by atoms with van der Waals surface area (Å²) in [4.78, 5) is 12.2. The first-order valence-corrected chi connectivity index (χ1v) is 9.69. The molecule has 0 fully saturated rings. The Morgan fingerprint density at radius 2 is 2.08 bits per heavy atom. The molecule has 1 amide bonds. The Kier molecular flexibility index (Phi) is 7.79. The molecule has 1 aromatic carbocycles. The maximum atomic E-state index is 12.2. The second-order valence-electron chi connectivity index (χ2n) is 6.06. The third kappa shape index (κ3) is 6.09. The number of hydrogen-bond acceptors (Lipinski definition) is 4. The van der Waals surface area contributed by atoms with Gasteiger partial charge >= 0.3 is 0 Å². The zero-order valence-corrected chi connectivity index (χ0v) is 16.0. The lowest BCUT2D eigenvalue weighted by molar-refractivity contribution is -0.121. The van der Waals surface area contributed by atoms with Gasteiger partial charge in [0.15, 0.2) is 11.5 Å². The third-order valence-electron chi connectivity index (χ3n) is 4.02. The van der Waals surface area contributed by atoms with E-state index >= 15 is 0 Å². The van der Waals surface area contributed by atoms with Crippen LogP contribution in [0.25, 0.3) is 0 Å². The van der Waals surface area contributed by atoms with Gasteiger partial charge in [-0.25, -0.2) is 0 Å². The molecular weight excluding hydrogens is 334 g/mol. The van der Waals surface area contributed by atoms with Crippen LogP contribution in [0.2, 0.25) is 0 Å². The van der Waals surface area contributed by atoms with Gasteiger partial charge in [0, 0.05) is 0 Å². The standard InChI is InChI=1S/C20H27NO3S/c1-4-5-6-10-24-18-8-7-17(13-19(18)23-3)15(2)21-20(22)12-16-9-11-25-14-16/h7-9,11,13-15H,4-6,10,12H2,1-3H3,(H,21,22). The predicted molar refractivity (Wildman–Crippen MR) is 103 cm³/mol. The first-order chi connectivity index (χ1) is 12.1. The molecular formula is C20H27NO3S. The Bertz CT molecular complexity index is 655. The van der Waals surface area contributed by atoms with Crippen LogP contribution in [0.15, 0.2) is 35.0 Å². The SMILES string of the molecule is CCCCCOc1ccc(C(C)NC(=O)Cc2ccsc2)cc1OC. The van der Waals surface area contributed by atoms with E-state index in [1.807, 2.05) is 41.9 Å². The van der Waals surface area contributed by atoms with Crippen molar-refractivity contribution in [1.82, 2.24) is 5.32 Å². The van der Waals surface area contributed by atoms with Crippen LogP contribution in [0.3, 0.4) is 0 Å². The normalized spacial score (nSPS) is 11.8. The summed E-state index contributed by atoms with van der Waals surface area (Å²) in [5.41, 5.74) is 2.04. The van der Waals surface area contributed by atoms with Gasteiger partial charge in [0.25, 0.3) is 0 Å². The van der Waals surface area contributed by atoms with Gasteiger partial charge in [-0.05, 0) is 53.4 Å². The predicted octanol–water partition coefficient (Wildman–Crippen LogP) is 4.75. The molecule has 1 heterocycles. The second-order valence-corrected chi connectivity index (χ2v) is 6.84. The van der Waals surface area contributed by atoms with Crippen molar-refractivity contribution in [3.05, 3.63) is 46.2 Å². The molecule has 4 nitrogen and oxygen atoms in total. The Morgan fingerprint density at radius 3 is 2.76 bits per heavy atom. The first-order valence-electron chi connectivity index (χ1n) is 8.75. The van der Waals surface area contributed by atoms with Crippen molar-refractivity contribution in [2.24, 2.45) is 0 Å². The van der Waals surface area contributed by atoms with Crippen LogP contribution in [-0.4, -0.2) is 19.6 Å². The quantitative estimate of drug-likeness (QED) is 0.622. The van der Waals surface area contributed by atoms with Crippen molar-refractivity contribution in [1.29, 1.82) is 0 Å². The van der Waals surface area contributed by atoms with Gasteiger partial charge in [-0.3, -0.25) is 4.79 Å². The maximum absolute atomic E-state index is 12.2. The lowest BCUT2D eigenvalue weighted by Crippen LogP contribution is -2.28. The van der Waals surface area contributed by atoms with Gasteiger partial charge in [0.05, 0.1) is 26.2 Å². The minimum Gasteiger partial charge on any atom is -0.493 e. The van der Waals surface area contributed by atoms with Crippen LogP contribution >= 0.6 is 11.3 Å². The van der Waals surface area contributed by atoms with Crippen molar-refractivity contribution in [2.45, 2.75) is 45.6 Å². The van der Waals surface area contributed by atoms with Gasteiger partial charge in [0.2, 0.25) is 5.91 Å². The summed E-state index contributed by atoms with van der Waals surface area (Å²) >= 11 is 1.60. The van der Waals surface area contributed by atoms with Crippen LogP contribution < -0.4 is 14.8 Å². The van der Waals surface area contributed by atoms with Crippen molar-refractivity contribution in [3.63, 3.8) is 0 Å². The zero-order valence-electron chi connectivity index (χ0n) is 15.2. The molecule has 25 heavy (non-hydrogen) atoms. The van der Waals surface area contributed by atoms with E-state index in [9.17, 15) is 4.79 Å². The highest BCUT2D eigenvalue weighted by molar-refractivity contribution is 7.08. The molecule has 1 unspecified atom stereocenters. The van der Waals surface area contributed by atoms with Crippen LogP contribution in [0, 0.1) is 0 Å². The maximum Gasteiger partial charge on any atom is 0.224 e. The lowest BCUT2D eigenvalue weighted by atomic mass is 10.1. The van der Waals surface area contributed by atoms with Crippen molar-refractivity contribution in [2.75, 3.05) is 13.7 Å². The first kappa shape index (κ1) is 19.3. The van der Waals surface area contributed by atoms with E-state index in [4.69, 9.17) is 9.47 Å². The summed E-state index contributed by atoms with van der Waals surface area (Å²) < 4.78 is 11.3. The monoisotopic (exact) mass is 361 g/mol. The number of hydrogen-bond donors (Lipinski definition) is 1. The molecule has 2 aromatic rings. The number of carbonyl (C=O) groups excluding carboxylic acids is 1. The summed E-state index contributed by atoms with van der Waals surface area (Å²) in [7, 11) is 1.64. The zero-order chi connectivity index (χ0) is 18.1. The molecule has 2 rings (SSSR count). The smallest absolute Gasteiger partial charge is 0.224 e. The van der Waals surface area contributed by atoms with Crippen molar-refractivity contribution < 1.29 is 14.3 Å². The van der Waals surface area contributed by atoms with E-state index in [-0.39, 0.29) is 11.9 Å². The van der Waals surface area contributed by atoms with E-state index in [0.29, 0.717) is 18.8 Å². The molecule has 1 aromatic heterocycles. The molecule has 0 saturated carbocycles. The van der Waals surface area contributed by atoms with Gasteiger partial charge in [-0.2, -0.15) is 11.3 Å². The Hall–Kier alpha value is -2.01. The van der Waals surface area contributed by atoms with Gasteiger partial charge < -0.3 is 14.8 Å². The topological polar surface area (TPSA) is 47.6 Å². The molecule has 5 heteroatoms. The summed E-state index contributed by atoms with van der Waals surface area (Å²) in [6.07, 6.45) is 3.77. The molecule has 0 aliphatic heterocycles. The summed E-state index contributed by atoms with van der Waals surface area (Å²) in [6, 6.07) is 7.72. The largest absolute Gasteiger partial charge is 0.493 e. The third-order valence-corrected chi connectivity index (χ3v) is 4.75. The number of nitrogens with one attached hydrogen (secondary N) is 1. The van der Waals surface area contributed by atoms with Crippen LogP contribution in [0.1, 0.15) is 50.3 Å². The fraction of sp³-hybridized carbons (Fsp3) is 0.450. The van der Waals surface area contributed by atoms with E-state index in [0.717, 1.165) is 29.7 Å². The highest BCUT2D eigenvalue weighted by Gasteiger charge is 2.13.